The second-order valence-electron chi connectivity index (χ2n) is 3.28. The van der Waals surface area contributed by atoms with E-state index in [0.717, 1.165) is 0 Å². The third-order valence-electron chi connectivity index (χ3n) is 2.28. The topological polar surface area (TPSA) is 47.9 Å². The first-order chi connectivity index (χ1) is 7.21. The zero-order valence-corrected chi connectivity index (χ0v) is 8.82. The molecule has 0 saturated heterocycles. The molecule has 1 unspecified atom stereocenters. The van der Waals surface area contributed by atoms with E-state index in [1.54, 1.807) is 18.2 Å². The van der Waals surface area contributed by atoms with Crippen molar-refractivity contribution >= 4 is 0 Å². The van der Waals surface area contributed by atoms with Gasteiger partial charge in [0, 0.05) is 0 Å². The Kier molecular flexibility index (Phi) is 2.44. The highest BCUT2D eigenvalue weighted by atomic mass is 16.9. The maximum absolute atomic E-state index is 9.57. The largest absolute Gasteiger partial charge is 0.504 e. The van der Waals surface area contributed by atoms with E-state index in [1.165, 1.54) is 0 Å². The van der Waals surface area contributed by atoms with E-state index in [9.17, 15) is 5.11 Å². The molecule has 1 heterocycles. The van der Waals surface area contributed by atoms with Crippen molar-refractivity contribution in [1.82, 2.24) is 0 Å². The summed E-state index contributed by atoms with van der Waals surface area (Å²) in [6.07, 6.45) is 0.551. The lowest BCUT2D eigenvalue weighted by Gasteiger charge is -2.24. The number of hydrogen-bond acceptors (Lipinski definition) is 4. The van der Waals surface area contributed by atoms with Gasteiger partial charge < -0.3 is 19.3 Å². The lowest BCUT2D eigenvalue weighted by Crippen LogP contribution is -2.40. The van der Waals surface area contributed by atoms with Crippen molar-refractivity contribution in [3.05, 3.63) is 18.2 Å². The summed E-state index contributed by atoms with van der Waals surface area (Å²) >= 11 is 0. The van der Waals surface area contributed by atoms with Crippen molar-refractivity contribution in [2.45, 2.75) is 26.2 Å². The lowest BCUT2D eigenvalue weighted by atomic mass is 10.3. The number of ether oxygens (including phenoxy) is 3. The molecule has 0 radical (unpaired) electrons. The zero-order chi connectivity index (χ0) is 10.9. The summed E-state index contributed by atoms with van der Waals surface area (Å²) in [6, 6.07) is 5.00. The zero-order valence-electron chi connectivity index (χ0n) is 8.82. The average Bonchev–Trinajstić information content (AvgIpc) is 2.59. The van der Waals surface area contributed by atoms with Crippen LogP contribution in [-0.4, -0.2) is 17.7 Å². The van der Waals surface area contributed by atoms with Gasteiger partial charge in [-0.05, 0) is 19.1 Å². The Balaban J connectivity index is 2.31. The van der Waals surface area contributed by atoms with Crippen LogP contribution in [0.3, 0.4) is 0 Å². The molecule has 0 spiro atoms. The van der Waals surface area contributed by atoms with E-state index >= 15 is 0 Å². The van der Waals surface area contributed by atoms with Crippen molar-refractivity contribution in [3.8, 4) is 17.2 Å². The molecule has 0 bridgehead atoms. The van der Waals surface area contributed by atoms with E-state index in [4.69, 9.17) is 14.2 Å². The average molecular weight is 210 g/mol. The van der Waals surface area contributed by atoms with Gasteiger partial charge in [0.1, 0.15) is 0 Å². The molecule has 1 aliphatic heterocycles. The monoisotopic (exact) mass is 210 g/mol. The van der Waals surface area contributed by atoms with Gasteiger partial charge in [0.15, 0.2) is 11.5 Å². The predicted molar refractivity (Wildman–Crippen MR) is 54.0 cm³/mol. The van der Waals surface area contributed by atoms with Crippen LogP contribution >= 0.6 is 0 Å². The number of para-hydroxylation sites is 1. The van der Waals surface area contributed by atoms with Crippen LogP contribution < -0.4 is 9.47 Å². The molecule has 0 aromatic heterocycles. The van der Waals surface area contributed by atoms with Gasteiger partial charge in [-0.1, -0.05) is 13.0 Å². The molecule has 4 heteroatoms. The number of phenols is 1. The van der Waals surface area contributed by atoms with Crippen LogP contribution in [0, 0.1) is 0 Å². The fourth-order valence-electron chi connectivity index (χ4n) is 1.56. The standard InChI is InChI=1S/C11H14O4/c1-3-11(13-4-2)14-9-7-5-6-8(12)10(9)15-11/h5-7,12H,3-4H2,1-2H3. The number of benzene rings is 1. The maximum Gasteiger partial charge on any atom is 0.371 e. The third kappa shape index (κ3) is 1.61. The van der Waals surface area contributed by atoms with E-state index in [1.807, 2.05) is 13.8 Å². The van der Waals surface area contributed by atoms with Gasteiger partial charge in [0.2, 0.25) is 5.75 Å². The van der Waals surface area contributed by atoms with Gasteiger partial charge in [-0.15, -0.1) is 0 Å². The molecule has 1 aromatic carbocycles. The number of hydrogen-bond donors (Lipinski definition) is 1. The molecule has 0 amide bonds. The summed E-state index contributed by atoms with van der Waals surface area (Å²) in [5, 5.41) is 9.57. The molecule has 0 saturated carbocycles. The highest BCUT2D eigenvalue weighted by Crippen LogP contribution is 2.46. The molecule has 4 nitrogen and oxygen atoms in total. The van der Waals surface area contributed by atoms with Crippen molar-refractivity contribution in [3.63, 3.8) is 0 Å². The summed E-state index contributed by atoms with van der Waals surface area (Å²) < 4.78 is 16.5. The van der Waals surface area contributed by atoms with Crippen LogP contribution in [0.1, 0.15) is 20.3 Å². The van der Waals surface area contributed by atoms with Crippen molar-refractivity contribution in [1.29, 1.82) is 0 Å². The Morgan fingerprint density at radius 3 is 2.73 bits per heavy atom. The van der Waals surface area contributed by atoms with Gasteiger partial charge in [-0.3, -0.25) is 0 Å². The second kappa shape index (κ2) is 3.62. The van der Waals surface area contributed by atoms with Crippen molar-refractivity contribution < 1.29 is 19.3 Å². The summed E-state index contributed by atoms with van der Waals surface area (Å²) in [7, 11) is 0. The van der Waals surface area contributed by atoms with Gasteiger partial charge >= 0.3 is 5.97 Å². The molecule has 2 rings (SSSR count). The minimum atomic E-state index is -1.07. The van der Waals surface area contributed by atoms with Gasteiger partial charge in [-0.25, -0.2) is 0 Å². The fraction of sp³-hybridized carbons (Fsp3) is 0.455. The summed E-state index contributed by atoms with van der Waals surface area (Å²) in [4.78, 5) is 0. The van der Waals surface area contributed by atoms with Crippen LogP contribution in [0.15, 0.2) is 18.2 Å². The Morgan fingerprint density at radius 2 is 2.13 bits per heavy atom. The quantitative estimate of drug-likeness (QED) is 0.831. The highest BCUT2D eigenvalue weighted by molar-refractivity contribution is 5.52. The molecule has 82 valence electrons. The summed E-state index contributed by atoms with van der Waals surface area (Å²) in [5.41, 5.74) is 0. The van der Waals surface area contributed by atoms with Gasteiger partial charge in [0.05, 0.1) is 13.0 Å². The molecular weight excluding hydrogens is 196 g/mol. The third-order valence-corrected chi connectivity index (χ3v) is 2.28. The normalized spacial score (nSPS) is 23.1. The number of phenolic OH excluding ortho intramolecular Hbond substituents is 1. The predicted octanol–water partition coefficient (Wildman–Crippen LogP) is 2.26. The van der Waals surface area contributed by atoms with E-state index in [-0.39, 0.29) is 5.75 Å². The molecule has 1 aliphatic rings. The Morgan fingerprint density at radius 1 is 1.33 bits per heavy atom. The number of rotatable bonds is 3. The van der Waals surface area contributed by atoms with Crippen LogP contribution in [-0.2, 0) is 4.74 Å². The summed E-state index contributed by atoms with van der Waals surface area (Å²) in [6.45, 7) is 4.26. The van der Waals surface area contributed by atoms with Crippen LogP contribution in [0.2, 0.25) is 0 Å². The smallest absolute Gasteiger partial charge is 0.371 e. The Bertz CT molecular complexity index is 364. The van der Waals surface area contributed by atoms with Crippen LogP contribution in [0.25, 0.3) is 0 Å². The molecule has 1 aromatic rings. The first-order valence-corrected chi connectivity index (χ1v) is 5.04. The SMILES string of the molecule is CCOC1(CC)Oc2cccc(O)c2O1. The van der Waals surface area contributed by atoms with Crippen LogP contribution in [0.5, 0.6) is 17.2 Å². The Hall–Kier alpha value is -1.42. The first-order valence-electron chi connectivity index (χ1n) is 5.04. The molecule has 1 N–H and O–H groups in total. The first kappa shape index (κ1) is 10.1. The van der Waals surface area contributed by atoms with Crippen LogP contribution in [0.4, 0.5) is 0 Å². The Labute approximate surface area is 88.4 Å². The number of fused-ring (bicyclic) bond motifs is 1. The number of aromatic hydroxyl groups is 1. The van der Waals surface area contributed by atoms with Crippen molar-refractivity contribution in [2.24, 2.45) is 0 Å². The molecule has 0 aliphatic carbocycles. The lowest BCUT2D eigenvalue weighted by molar-refractivity contribution is -0.281. The van der Waals surface area contributed by atoms with E-state index in [2.05, 4.69) is 0 Å². The summed E-state index contributed by atoms with van der Waals surface area (Å²) in [5.74, 6) is -0.128. The minimum absolute atomic E-state index is 0.0718. The van der Waals surface area contributed by atoms with E-state index < -0.39 is 5.97 Å². The van der Waals surface area contributed by atoms with E-state index in [0.29, 0.717) is 24.5 Å². The van der Waals surface area contributed by atoms with Gasteiger partial charge in [-0.2, -0.15) is 0 Å². The van der Waals surface area contributed by atoms with Crippen molar-refractivity contribution in [2.75, 3.05) is 6.61 Å². The molecule has 15 heavy (non-hydrogen) atoms. The van der Waals surface area contributed by atoms with Gasteiger partial charge in [0.25, 0.3) is 0 Å². The molecular formula is C11H14O4. The molecule has 0 fully saturated rings. The molecule has 1 atom stereocenters. The fourth-order valence-corrected chi connectivity index (χ4v) is 1.56. The maximum atomic E-state index is 9.57. The highest BCUT2D eigenvalue weighted by Gasteiger charge is 2.42. The second-order valence-corrected chi connectivity index (χ2v) is 3.28. The minimum Gasteiger partial charge on any atom is -0.504 e.